The van der Waals surface area contributed by atoms with Crippen molar-refractivity contribution in [1.29, 1.82) is 0 Å². The number of carbonyl (C=O) groups excluding carboxylic acids is 1. The molecule has 0 aliphatic carbocycles. The number of rotatable bonds is 2. The first kappa shape index (κ1) is 15.6. The number of nitrogens with zero attached hydrogens (tertiary/aromatic N) is 4. The second-order valence-corrected chi connectivity index (χ2v) is 7.39. The SMILES string of the molecule is O=C(c1scc2c1OCCO2)N1CCC(c2nnc3ccccn23)CC1. The predicted molar refractivity (Wildman–Crippen MR) is 96.2 cm³/mol. The summed E-state index contributed by atoms with van der Waals surface area (Å²) in [6, 6.07) is 5.90. The van der Waals surface area contributed by atoms with Gasteiger partial charge in [0.2, 0.25) is 0 Å². The first-order valence-corrected chi connectivity index (χ1v) is 9.65. The highest BCUT2D eigenvalue weighted by Crippen LogP contribution is 2.40. The van der Waals surface area contributed by atoms with Gasteiger partial charge in [-0.05, 0) is 25.0 Å². The van der Waals surface area contributed by atoms with Crippen LogP contribution in [0, 0.1) is 0 Å². The van der Waals surface area contributed by atoms with E-state index in [4.69, 9.17) is 9.47 Å². The van der Waals surface area contributed by atoms with Gasteiger partial charge in [0.25, 0.3) is 5.91 Å². The van der Waals surface area contributed by atoms with E-state index in [9.17, 15) is 4.79 Å². The lowest BCUT2D eigenvalue weighted by molar-refractivity contribution is 0.0707. The molecule has 134 valence electrons. The zero-order valence-corrected chi connectivity index (χ0v) is 14.9. The average Bonchev–Trinajstić information content (AvgIpc) is 3.32. The van der Waals surface area contributed by atoms with E-state index >= 15 is 0 Å². The van der Waals surface area contributed by atoms with Crippen molar-refractivity contribution in [1.82, 2.24) is 19.5 Å². The molecule has 0 N–H and O–H groups in total. The van der Waals surface area contributed by atoms with Gasteiger partial charge in [0.15, 0.2) is 17.1 Å². The van der Waals surface area contributed by atoms with E-state index in [-0.39, 0.29) is 5.91 Å². The first-order chi connectivity index (χ1) is 12.8. The van der Waals surface area contributed by atoms with Crippen LogP contribution in [0.15, 0.2) is 29.8 Å². The van der Waals surface area contributed by atoms with Crippen LogP contribution >= 0.6 is 11.3 Å². The number of piperidine rings is 1. The van der Waals surface area contributed by atoms with Gasteiger partial charge < -0.3 is 14.4 Å². The van der Waals surface area contributed by atoms with E-state index in [0.29, 0.717) is 48.6 Å². The largest absolute Gasteiger partial charge is 0.485 e. The van der Waals surface area contributed by atoms with Crippen molar-refractivity contribution in [3.05, 3.63) is 40.5 Å². The Hall–Kier alpha value is -2.61. The third-order valence-electron chi connectivity index (χ3n) is 4.98. The number of thiophene rings is 1. The molecule has 0 saturated carbocycles. The minimum atomic E-state index is 0.0336. The topological polar surface area (TPSA) is 69.0 Å². The van der Waals surface area contributed by atoms with Gasteiger partial charge in [-0.25, -0.2) is 0 Å². The number of fused-ring (bicyclic) bond motifs is 2. The van der Waals surface area contributed by atoms with Crippen LogP contribution in [0.3, 0.4) is 0 Å². The van der Waals surface area contributed by atoms with Crippen molar-refractivity contribution >= 4 is 22.9 Å². The molecule has 0 radical (unpaired) electrons. The molecule has 0 atom stereocenters. The summed E-state index contributed by atoms with van der Waals surface area (Å²) in [6.45, 7) is 2.44. The van der Waals surface area contributed by atoms with E-state index < -0.39 is 0 Å². The molecule has 1 amide bonds. The molecule has 0 bridgehead atoms. The number of hydrogen-bond donors (Lipinski definition) is 0. The molecule has 1 saturated heterocycles. The summed E-state index contributed by atoms with van der Waals surface area (Å²) in [6.07, 6.45) is 3.76. The lowest BCUT2D eigenvalue weighted by Crippen LogP contribution is -2.38. The molecule has 7 nitrogen and oxygen atoms in total. The fourth-order valence-corrected chi connectivity index (χ4v) is 4.53. The van der Waals surface area contributed by atoms with Gasteiger partial charge in [-0.15, -0.1) is 21.5 Å². The molecule has 5 rings (SSSR count). The molecule has 2 aliphatic rings. The lowest BCUT2D eigenvalue weighted by Gasteiger charge is -2.31. The van der Waals surface area contributed by atoms with E-state index in [0.717, 1.165) is 24.3 Å². The van der Waals surface area contributed by atoms with Gasteiger partial charge in [0.1, 0.15) is 23.9 Å². The van der Waals surface area contributed by atoms with Crippen LogP contribution in [-0.4, -0.2) is 51.7 Å². The van der Waals surface area contributed by atoms with Crippen LogP contribution in [0.5, 0.6) is 11.5 Å². The van der Waals surface area contributed by atoms with Crippen molar-refractivity contribution in [2.75, 3.05) is 26.3 Å². The highest BCUT2D eigenvalue weighted by Gasteiger charge is 2.31. The Balaban J connectivity index is 1.31. The molecular formula is C18H18N4O3S. The molecule has 0 aromatic carbocycles. The number of carbonyl (C=O) groups is 1. The summed E-state index contributed by atoms with van der Waals surface area (Å²) in [5.74, 6) is 2.63. The molecular weight excluding hydrogens is 352 g/mol. The van der Waals surface area contributed by atoms with E-state index in [1.165, 1.54) is 11.3 Å². The van der Waals surface area contributed by atoms with E-state index in [1.807, 2.05) is 39.1 Å². The number of amides is 1. The van der Waals surface area contributed by atoms with Crippen molar-refractivity contribution in [3.8, 4) is 11.5 Å². The number of hydrogen-bond acceptors (Lipinski definition) is 6. The molecule has 1 fully saturated rings. The van der Waals surface area contributed by atoms with Crippen LogP contribution in [0.1, 0.15) is 34.3 Å². The summed E-state index contributed by atoms with van der Waals surface area (Å²) in [7, 11) is 0. The second-order valence-electron chi connectivity index (χ2n) is 6.51. The highest BCUT2D eigenvalue weighted by molar-refractivity contribution is 7.12. The lowest BCUT2D eigenvalue weighted by atomic mass is 9.96. The Morgan fingerprint density at radius 2 is 2.00 bits per heavy atom. The molecule has 8 heteroatoms. The summed E-state index contributed by atoms with van der Waals surface area (Å²) in [5, 5.41) is 10.5. The standard InChI is InChI=1S/C18H18N4O3S/c23-18(16-15-13(11-26-16)24-9-10-25-15)21-7-4-12(5-8-21)17-20-19-14-3-1-2-6-22(14)17/h1-3,6,11-12H,4-5,7-10H2. The predicted octanol–water partition coefficient (Wildman–Crippen LogP) is 2.58. The highest BCUT2D eigenvalue weighted by atomic mass is 32.1. The summed E-state index contributed by atoms with van der Waals surface area (Å²) < 4.78 is 13.2. The maximum Gasteiger partial charge on any atom is 0.267 e. The Labute approximate surface area is 154 Å². The Morgan fingerprint density at radius 1 is 1.15 bits per heavy atom. The molecule has 3 aromatic rings. The van der Waals surface area contributed by atoms with Crippen molar-refractivity contribution < 1.29 is 14.3 Å². The fraction of sp³-hybridized carbons (Fsp3) is 0.389. The monoisotopic (exact) mass is 370 g/mol. The number of pyridine rings is 1. The summed E-state index contributed by atoms with van der Waals surface area (Å²) >= 11 is 1.40. The molecule has 3 aromatic heterocycles. The minimum absolute atomic E-state index is 0.0336. The van der Waals surface area contributed by atoms with Crippen LogP contribution in [0.2, 0.25) is 0 Å². The van der Waals surface area contributed by atoms with E-state index in [1.54, 1.807) is 0 Å². The molecule has 26 heavy (non-hydrogen) atoms. The van der Waals surface area contributed by atoms with Crippen LogP contribution in [-0.2, 0) is 0 Å². The van der Waals surface area contributed by atoms with Crippen LogP contribution < -0.4 is 9.47 Å². The number of likely N-dealkylation sites (tertiary alicyclic amines) is 1. The Kier molecular flexibility index (Phi) is 3.77. The maximum absolute atomic E-state index is 12.9. The van der Waals surface area contributed by atoms with Crippen LogP contribution in [0.4, 0.5) is 0 Å². The first-order valence-electron chi connectivity index (χ1n) is 8.77. The van der Waals surface area contributed by atoms with Gasteiger partial charge in [0, 0.05) is 30.6 Å². The van der Waals surface area contributed by atoms with Crippen molar-refractivity contribution in [2.24, 2.45) is 0 Å². The van der Waals surface area contributed by atoms with Crippen molar-refractivity contribution in [3.63, 3.8) is 0 Å². The number of aromatic nitrogens is 3. The van der Waals surface area contributed by atoms with Gasteiger partial charge in [-0.1, -0.05) is 6.07 Å². The molecule has 2 aliphatic heterocycles. The zero-order valence-electron chi connectivity index (χ0n) is 14.1. The van der Waals surface area contributed by atoms with Gasteiger partial charge in [0.05, 0.1) is 0 Å². The van der Waals surface area contributed by atoms with Gasteiger partial charge >= 0.3 is 0 Å². The third kappa shape index (κ3) is 2.52. The normalized spacial score (nSPS) is 17.6. The van der Waals surface area contributed by atoms with Gasteiger partial charge in [-0.3, -0.25) is 9.20 Å². The summed E-state index contributed by atoms with van der Waals surface area (Å²) in [5.41, 5.74) is 0.864. The zero-order chi connectivity index (χ0) is 17.5. The van der Waals surface area contributed by atoms with E-state index in [2.05, 4.69) is 10.2 Å². The maximum atomic E-state index is 12.9. The quantitative estimate of drug-likeness (QED) is 0.694. The van der Waals surface area contributed by atoms with Gasteiger partial charge in [-0.2, -0.15) is 0 Å². The smallest absolute Gasteiger partial charge is 0.267 e. The molecule has 0 unspecified atom stereocenters. The van der Waals surface area contributed by atoms with Crippen LogP contribution in [0.25, 0.3) is 5.65 Å². The average molecular weight is 370 g/mol. The Morgan fingerprint density at radius 3 is 2.88 bits per heavy atom. The third-order valence-corrected chi connectivity index (χ3v) is 5.91. The number of ether oxygens (including phenoxy) is 2. The van der Waals surface area contributed by atoms with Crippen molar-refractivity contribution in [2.45, 2.75) is 18.8 Å². The Bertz CT molecular complexity index is 958. The summed E-state index contributed by atoms with van der Waals surface area (Å²) in [4.78, 5) is 15.5. The minimum Gasteiger partial charge on any atom is -0.485 e. The fourth-order valence-electron chi connectivity index (χ4n) is 3.63. The molecule has 5 heterocycles. The second kappa shape index (κ2) is 6.28. The molecule has 0 spiro atoms.